The summed E-state index contributed by atoms with van der Waals surface area (Å²) in [6.45, 7) is 1.53. The maximum Gasteiger partial charge on any atom is 0.254 e. The minimum Gasteiger partial charge on any atom is -0.497 e. The van der Waals surface area contributed by atoms with Gasteiger partial charge >= 0.3 is 0 Å². The lowest BCUT2D eigenvalue weighted by atomic mass is 10.1. The van der Waals surface area contributed by atoms with E-state index in [-0.39, 0.29) is 40.1 Å². The third-order valence-electron chi connectivity index (χ3n) is 4.35. The Kier molecular flexibility index (Phi) is 6.83. The third kappa shape index (κ3) is 5.24. The van der Waals surface area contributed by atoms with E-state index in [4.69, 9.17) is 4.74 Å². The zero-order valence-electron chi connectivity index (χ0n) is 16.3. The number of carbonyl (C=O) groups excluding carboxylic acids is 1. The van der Waals surface area contributed by atoms with Crippen molar-refractivity contribution in [3.63, 3.8) is 0 Å². The van der Waals surface area contributed by atoms with Crippen LogP contribution in [0.3, 0.4) is 0 Å². The third-order valence-corrected chi connectivity index (χ3v) is 5.22. The summed E-state index contributed by atoms with van der Waals surface area (Å²) < 4.78 is 33.0. The number of rotatable bonds is 7. The molecule has 0 fully saturated rings. The molecule has 3 rings (SSSR count). The Morgan fingerprint density at radius 2 is 1.83 bits per heavy atom. The average Bonchev–Trinajstić information content (AvgIpc) is 2.73. The molecule has 1 aromatic heterocycles. The van der Waals surface area contributed by atoms with Crippen molar-refractivity contribution in [2.45, 2.75) is 18.5 Å². The van der Waals surface area contributed by atoms with Crippen LogP contribution in [-0.2, 0) is 11.2 Å². The van der Waals surface area contributed by atoms with Crippen LogP contribution in [0.5, 0.6) is 5.75 Å². The first-order chi connectivity index (χ1) is 14.4. The van der Waals surface area contributed by atoms with Gasteiger partial charge in [0.25, 0.3) is 5.56 Å². The lowest BCUT2D eigenvalue weighted by Gasteiger charge is -2.09. The first-order valence-electron chi connectivity index (χ1n) is 8.96. The Hall–Kier alpha value is -3.20. The summed E-state index contributed by atoms with van der Waals surface area (Å²) in [6, 6.07) is 10.4. The molecule has 9 heteroatoms. The molecule has 30 heavy (non-hydrogen) atoms. The minimum absolute atomic E-state index is 0.00840. The monoisotopic (exact) mass is 431 g/mol. The van der Waals surface area contributed by atoms with E-state index < -0.39 is 17.2 Å². The predicted octanol–water partition coefficient (Wildman–Crippen LogP) is 3.69. The molecule has 156 valence electrons. The summed E-state index contributed by atoms with van der Waals surface area (Å²) in [5.41, 5.74) is 0.537. The zero-order chi connectivity index (χ0) is 21.7. The van der Waals surface area contributed by atoms with Gasteiger partial charge in [0.05, 0.1) is 18.6 Å². The average molecular weight is 431 g/mol. The molecular weight excluding hydrogens is 412 g/mol. The normalized spacial score (nSPS) is 10.7. The van der Waals surface area contributed by atoms with Gasteiger partial charge in [0, 0.05) is 23.2 Å². The number of nitrogens with one attached hydrogen (secondary N) is 2. The topological polar surface area (TPSA) is 84.1 Å². The number of thioether (sulfide) groups is 1. The molecule has 0 saturated carbocycles. The van der Waals surface area contributed by atoms with Crippen LogP contribution in [0.25, 0.3) is 0 Å². The first-order valence-corrected chi connectivity index (χ1v) is 9.95. The molecule has 2 N–H and O–H groups in total. The first kappa shape index (κ1) is 21.5. The molecule has 0 aliphatic heterocycles. The van der Waals surface area contributed by atoms with E-state index in [0.717, 1.165) is 23.9 Å². The maximum absolute atomic E-state index is 14.0. The molecule has 0 aliphatic carbocycles. The highest BCUT2D eigenvalue weighted by Gasteiger charge is 2.15. The van der Waals surface area contributed by atoms with Crippen LogP contribution in [0, 0.1) is 18.6 Å². The van der Waals surface area contributed by atoms with Crippen LogP contribution >= 0.6 is 11.8 Å². The molecule has 1 amide bonds. The van der Waals surface area contributed by atoms with Crippen LogP contribution in [0.2, 0.25) is 0 Å². The molecule has 0 unspecified atom stereocenters. The maximum atomic E-state index is 14.0. The number of carbonyl (C=O) groups is 1. The number of hydrogen-bond acceptors (Lipinski definition) is 5. The molecule has 3 aromatic rings. The number of benzene rings is 2. The van der Waals surface area contributed by atoms with Crippen molar-refractivity contribution >= 4 is 23.4 Å². The van der Waals surface area contributed by atoms with E-state index in [2.05, 4.69) is 15.3 Å². The standard InChI is InChI=1S/C21H19F2N3O3S/c1-12-18(10-15-16(22)4-3-5-17(15)23)25-21(26-20(12)28)30-11-19(27)24-13-6-8-14(29-2)9-7-13/h3-9H,10-11H2,1-2H3,(H,24,27)(H,25,26,28). The van der Waals surface area contributed by atoms with Crippen molar-refractivity contribution in [2.24, 2.45) is 0 Å². The van der Waals surface area contributed by atoms with Gasteiger partial charge in [-0.05, 0) is 43.3 Å². The van der Waals surface area contributed by atoms with Gasteiger partial charge < -0.3 is 15.0 Å². The van der Waals surface area contributed by atoms with Crippen LogP contribution in [0.15, 0.2) is 52.4 Å². The number of halogens is 2. The number of ether oxygens (including phenoxy) is 1. The second-order valence-electron chi connectivity index (χ2n) is 6.39. The van der Waals surface area contributed by atoms with Gasteiger partial charge in [0.1, 0.15) is 17.4 Å². The Balaban J connectivity index is 1.70. The molecule has 2 aromatic carbocycles. The van der Waals surface area contributed by atoms with Crippen LogP contribution in [-0.4, -0.2) is 28.7 Å². The highest BCUT2D eigenvalue weighted by Crippen LogP contribution is 2.20. The van der Waals surface area contributed by atoms with Crippen molar-refractivity contribution in [3.05, 3.63) is 81.3 Å². The molecule has 0 atom stereocenters. The number of anilines is 1. The van der Waals surface area contributed by atoms with E-state index >= 15 is 0 Å². The fraction of sp³-hybridized carbons (Fsp3) is 0.190. The van der Waals surface area contributed by atoms with Gasteiger partial charge in [-0.15, -0.1) is 0 Å². The Morgan fingerprint density at radius 3 is 2.47 bits per heavy atom. The lowest BCUT2D eigenvalue weighted by molar-refractivity contribution is -0.113. The van der Waals surface area contributed by atoms with Crippen LogP contribution < -0.4 is 15.6 Å². The van der Waals surface area contributed by atoms with E-state index in [1.165, 1.54) is 13.0 Å². The zero-order valence-corrected chi connectivity index (χ0v) is 17.1. The molecule has 1 heterocycles. The minimum atomic E-state index is -0.704. The van der Waals surface area contributed by atoms with Gasteiger partial charge in [0.15, 0.2) is 5.16 Å². The number of H-pyrrole nitrogens is 1. The van der Waals surface area contributed by atoms with Gasteiger partial charge in [-0.2, -0.15) is 0 Å². The Labute approximate surface area is 175 Å². The molecule has 0 bridgehead atoms. The quantitative estimate of drug-likeness (QED) is 0.440. The van der Waals surface area contributed by atoms with E-state index in [9.17, 15) is 18.4 Å². The van der Waals surface area contributed by atoms with Crippen LogP contribution in [0.4, 0.5) is 14.5 Å². The Bertz CT molecular complexity index is 1100. The number of aromatic nitrogens is 2. The summed E-state index contributed by atoms with van der Waals surface area (Å²) in [7, 11) is 1.55. The van der Waals surface area contributed by atoms with E-state index in [1.807, 2.05) is 0 Å². The highest BCUT2D eigenvalue weighted by atomic mass is 32.2. The van der Waals surface area contributed by atoms with Gasteiger partial charge in [-0.1, -0.05) is 17.8 Å². The van der Waals surface area contributed by atoms with Gasteiger partial charge in [-0.3, -0.25) is 9.59 Å². The van der Waals surface area contributed by atoms with Crippen molar-refractivity contribution in [1.29, 1.82) is 0 Å². The molecule has 6 nitrogen and oxygen atoms in total. The largest absolute Gasteiger partial charge is 0.497 e. The van der Waals surface area contributed by atoms with Crippen molar-refractivity contribution < 1.29 is 18.3 Å². The number of aromatic amines is 1. The molecular formula is C21H19F2N3O3S. The summed E-state index contributed by atoms with van der Waals surface area (Å²) in [4.78, 5) is 31.3. The number of methoxy groups -OCH3 is 1. The van der Waals surface area contributed by atoms with Crippen molar-refractivity contribution in [2.75, 3.05) is 18.2 Å². The molecule has 0 radical (unpaired) electrons. The van der Waals surface area contributed by atoms with Crippen molar-refractivity contribution in [3.8, 4) is 5.75 Å². The lowest BCUT2D eigenvalue weighted by Crippen LogP contribution is -2.18. The SMILES string of the molecule is COc1ccc(NC(=O)CSc2nc(Cc3c(F)cccc3F)c(C)c(=O)[nH]2)cc1. The number of amides is 1. The fourth-order valence-electron chi connectivity index (χ4n) is 2.67. The fourth-order valence-corrected chi connectivity index (χ4v) is 3.35. The summed E-state index contributed by atoms with van der Waals surface area (Å²) in [5, 5.41) is 2.92. The Morgan fingerprint density at radius 1 is 1.17 bits per heavy atom. The van der Waals surface area contributed by atoms with Crippen LogP contribution in [0.1, 0.15) is 16.8 Å². The summed E-state index contributed by atoms with van der Waals surface area (Å²) in [5.74, 6) is -1.04. The summed E-state index contributed by atoms with van der Waals surface area (Å²) >= 11 is 1.02. The highest BCUT2D eigenvalue weighted by molar-refractivity contribution is 7.99. The second kappa shape index (κ2) is 9.53. The van der Waals surface area contributed by atoms with E-state index in [1.54, 1.807) is 31.4 Å². The smallest absolute Gasteiger partial charge is 0.254 e. The predicted molar refractivity (Wildman–Crippen MR) is 111 cm³/mol. The van der Waals surface area contributed by atoms with Gasteiger partial charge in [-0.25, -0.2) is 13.8 Å². The summed E-state index contributed by atoms with van der Waals surface area (Å²) in [6.07, 6.45) is -0.167. The molecule has 0 saturated heterocycles. The molecule has 0 aliphatic rings. The number of hydrogen-bond donors (Lipinski definition) is 2. The number of nitrogens with zero attached hydrogens (tertiary/aromatic N) is 1. The van der Waals surface area contributed by atoms with E-state index in [0.29, 0.717) is 11.4 Å². The van der Waals surface area contributed by atoms with Crippen molar-refractivity contribution in [1.82, 2.24) is 9.97 Å². The second-order valence-corrected chi connectivity index (χ2v) is 7.35. The molecule has 0 spiro atoms. The van der Waals surface area contributed by atoms with Gasteiger partial charge in [0.2, 0.25) is 5.91 Å².